The van der Waals surface area contributed by atoms with Crippen LogP contribution in [0.15, 0.2) is 70.5 Å². The van der Waals surface area contributed by atoms with Gasteiger partial charge in [0.15, 0.2) is 0 Å². The predicted molar refractivity (Wildman–Crippen MR) is 144 cm³/mol. The largest absolute Gasteiger partial charge is 0.219 e. The predicted octanol–water partition coefficient (Wildman–Crippen LogP) is 8.72. The van der Waals surface area contributed by atoms with Gasteiger partial charge in [0.25, 0.3) is 0 Å². The molecule has 0 atom stereocenters. The minimum atomic E-state index is -3.34. The molecule has 2 aromatic rings. The van der Waals surface area contributed by atoms with Gasteiger partial charge in [0, 0.05) is 7.26 Å². The molecule has 0 aliphatic rings. The first-order chi connectivity index (χ1) is 15.5. The first-order valence-electron chi connectivity index (χ1n) is 12.7. The molecule has 0 amide bonds. The lowest BCUT2D eigenvalue weighted by molar-refractivity contribution is 0.596. The highest BCUT2D eigenvalue weighted by Gasteiger charge is 2.34. The highest BCUT2D eigenvalue weighted by atomic mass is 32.2. The summed E-state index contributed by atoms with van der Waals surface area (Å²) in [6.45, 7) is 9.42. The fourth-order valence-corrected chi connectivity index (χ4v) is 10.6. The molecular formula is C28H46O2PS+. The second kappa shape index (κ2) is 16.4. The van der Waals surface area contributed by atoms with E-state index in [0.29, 0.717) is 9.79 Å². The van der Waals surface area contributed by atoms with Crippen molar-refractivity contribution in [3.05, 3.63) is 60.7 Å². The molecule has 0 spiro atoms. The molecule has 2 aromatic carbocycles. The monoisotopic (exact) mass is 477 g/mol. The molecule has 2 rings (SSSR count). The smallest absolute Gasteiger partial charge is 0.206 e. The molecule has 180 valence electrons. The molecule has 0 heterocycles. The molecule has 0 saturated heterocycles. The third-order valence-corrected chi connectivity index (χ3v) is 12.9. The van der Waals surface area contributed by atoms with E-state index in [4.69, 9.17) is 0 Å². The van der Waals surface area contributed by atoms with Crippen LogP contribution in [0, 0.1) is 0 Å². The van der Waals surface area contributed by atoms with Crippen molar-refractivity contribution in [3.63, 3.8) is 0 Å². The van der Waals surface area contributed by atoms with E-state index in [1.165, 1.54) is 51.4 Å². The Balaban J connectivity index is 0.000000321. The van der Waals surface area contributed by atoms with Gasteiger partial charge in [0.05, 0.1) is 34.4 Å². The van der Waals surface area contributed by atoms with Gasteiger partial charge >= 0.3 is 0 Å². The van der Waals surface area contributed by atoms with Crippen molar-refractivity contribution in [2.75, 3.05) is 24.6 Å². The van der Waals surface area contributed by atoms with Crippen LogP contribution >= 0.6 is 7.26 Å². The molecule has 0 unspecified atom stereocenters. The van der Waals surface area contributed by atoms with Gasteiger partial charge in [0.1, 0.15) is 0 Å². The standard InChI is InChI=1S/C16H36P.C12H10O2S/c1-5-9-13-17(14-10-6-2,15-11-7-3)16-12-8-4;13-15(14,11-7-3-1-4-8-11)12-9-5-2-6-10-12/h5-16H2,1-4H3;1-10H/q+1;. The molecule has 0 fully saturated rings. The Bertz CT molecular complexity index is 721. The highest BCUT2D eigenvalue weighted by molar-refractivity contribution is 7.91. The Kier molecular flexibility index (Phi) is 14.8. The van der Waals surface area contributed by atoms with Gasteiger partial charge < -0.3 is 0 Å². The van der Waals surface area contributed by atoms with E-state index in [2.05, 4.69) is 27.7 Å². The Morgan fingerprint density at radius 2 is 0.812 bits per heavy atom. The van der Waals surface area contributed by atoms with Crippen LogP contribution in [0.1, 0.15) is 79.1 Å². The molecule has 0 aliphatic heterocycles. The van der Waals surface area contributed by atoms with Gasteiger partial charge in [0.2, 0.25) is 9.84 Å². The summed E-state index contributed by atoms with van der Waals surface area (Å²) in [5.41, 5.74) is 0. The quantitative estimate of drug-likeness (QED) is 0.255. The van der Waals surface area contributed by atoms with E-state index in [9.17, 15) is 8.42 Å². The first kappa shape index (κ1) is 28.9. The lowest BCUT2D eigenvalue weighted by Crippen LogP contribution is -2.12. The minimum absolute atomic E-state index is 0.330. The van der Waals surface area contributed by atoms with Gasteiger partial charge in [-0.1, -0.05) is 89.8 Å². The van der Waals surface area contributed by atoms with Crippen LogP contribution in [0.3, 0.4) is 0 Å². The number of sulfone groups is 1. The zero-order chi connectivity index (χ0) is 23.7. The molecule has 2 nitrogen and oxygen atoms in total. The van der Waals surface area contributed by atoms with E-state index in [1.54, 1.807) is 85.3 Å². The summed E-state index contributed by atoms with van der Waals surface area (Å²) in [5.74, 6) is 0. The van der Waals surface area contributed by atoms with Crippen LogP contribution in [-0.4, -0.2) is 33.1 Å². The first-order valence-corrected chi connectivity index (χ1v) is 16.7. The van der Waals surface area contributed by atoms with E-state index in [0.717, 1.165) is 0 Å². The summed E-state index contributed by atoms with van der Waals surface area (Å²) >= 11 is 0. The van der Waals surface area contributed by atoms with Crippen LogP contribution in [0.4, 0.5) is 0 Å². The number of unbranched alkanes of at least 4 members (excludes halogenated alkanes) is 4. The Morgan fingerprint density at radius 1 is 0.531 bits per heavy atom. The zero-order valence-electron chi connectivity index (χ0n) is 20.9. The summed E-state index contributed by atoms with van der Waals surface area (Å²) in [4.78, 5) is 0.660. The third-order valence-electron chi connectivity index (χ3n) is 6.05. The van der Waals surface area contributed by atoms with Crippen molar-refractivity contribution in [1.82, 2.24) is 0 Å². The lowest BCUT2D eigenvalue weighted by atomic mass is 10.4. The van der Waals surface area contributed by atoms with E-state index in [1.807, 2.05) is 0 Å². The average Bonchev–Trinajstić information content (AvgIpc) is 2.84. The fraction of sp³-hybridized carbons (Fsp3) is 0.571. The second-order valence-corrected chi connectivity index (χ2v) is 15.2. The zero-order valence-corrected chi connectivity index (χ0v) is 22.6. The van der Waals surface area contributed by atoms with Crippen molar-refractivity contribution in [1.29, 1.82) is 0 Å². The molecule has 32 heavy (non-hydrogen) atoms. The van der Waals surface area contributed by atoms with Crippen molar-refractivity contribution in [3.8, 4) is 0 Å². The molecular weight excluding hydrogens is 431 g/mol. The minimum Gasteiger partial charge on any atom is -0.219 e. The summed E-state index contributed by atoms with van der Waals surface area (Å²) < 4.78 is 24.1. The molecule has 0 bridgehead atoms. The van der Waals surface area contributed by atoms with E-state index < -0.39 is 17.1 Å². The SMILES string of the molecule is CCCC[P+](CCCC)(CCCC)CCCC.O=S(=O)(c1ccccc1)c1ccccc1. The van der Waals surface area contributed by atoms with Crippen molar-refractivity contribution < 1.29 is 8.42 Å². The maximum Gasteiger partial charge on any atom is 0.206 e. The van der Waals surface area contributed by atoms with Gasteiger partial charge in [-0.3, -0.25) is 0 Å². The van der Waals surface area contributed by atoms with Crippen molar-refractivity contribution in [2.45, 2.75) is 88.9 Å². The molecule has 0 N–H and O–H groups in total. The topological polar surface area (TPSA) is 34.1 Å². The Hall–Kier alpha value is -1.18. The van der Waals surface area contributed by atoms with Gasteiger partial charge in [-0.05, 0) is 49.9 Å². The molecule has 0 aliphatic carbocycles. The summed E-state index contributed by atoms with van der Waals surface area (Å²) in [7, 11) is -3.90. The van der Waals surface area contributed by atoms with Crippen LogP contribution in [0.2, 0.25) is 0 Å². The molecule has 0 radical (unpaired) electrons. The van der Waals surface area contributed by atoms with Crippen LogP contribution in [0.25, 0.3) is 0 Å². The molecule has 4 heteroatoms. The fourth-order valence-electron chi connectivity index (χ4n) is 3.98. The molecule has 0 saturated carbocycles. The van der Waals surface area contributed by atoms with Crippen LogP contribution < -0.4 is 0 Å². The van der Waals surface area contributed by atoms with Crippen molar-refractivity contribution in [2.24, 2.45) is 0 Å². The number of rotatable bonds is 14. The summed E-state index contributed by atoms with van der Waals surface area (Å²) in [6.07, 6.45) is 17.9. The highest BCUT2D eigenvalue weighted by Crippen LogP contribution is 2.61. The van der Waals surface area contributed by atoms with Gasteiger partial charge in [-0.2, -0.15) is 0 Å². The van der Waals surface area contributed by atoms with Gasteiger partial charge in [-0.25, -0.2) is 8.42 Å². The maximum atomic E-state index is 12.0. The van der Waals surface area contributed by atoms with E-state index in [-0.39, 0.29) is 0 Å². The lowest BCUT2D eigenvalue weighted by Gasteiger charge is -2.28. The molecule has 0 aromatic heterocycles. The van der Waals surface area contributed by atoms with Crippen LogP contribution in [-0.2, 0) is 9.84 Å². The normalized spacial score (nSPS) is 11.6. The maximum absolute atomic E-state index is 12.0. The van der Waals surface area contributed by atoms with Crippen LogP contribution in [0.5, 0.6) is 0 Å². The second-order valence-electron chi connectivity index (χ2n) is 8.78. The average molecular weight is 478 g/mol. The number of hydrogen-bond donors (Lipinski definition) is 0. The Labute approximate surface area is 199 Å². The Morgan fingerprint density at radius 3 is 1.06 bits per heavy atom. The number of benzene rings is 2. The van der Waals surface area contributed by atoms with Crippen molar-refractivity contribution >= 4 is 17.1 Å². The number of hydrogen-bond acceptors (Lipinski definition) is 2. The van der Waals surface area contributed by atoms with E-state index >= 15 is 0 Å². The van der Waals surface area contributed by atoms with Gasteiger partial charge in [-0.15, -0.1) is 0 Å². The summed E-state index contributed by atoms with van der Waals surface area (Å²) in [5, 5.41) is 0. The summed E-state index contributed by atoms with van der Waals surface area (Å²) in [6, 6.07) is 16.9. The third kappa shape index (κ3) is 10.2.